The van der Waals surface area contributed by atoms with Crippen molar-refractivity contribution in [2.45, 2.75) is 63.5 Å². The Hall–Kier alpha value is -4.73. The fourth-order valence-electron chi connectivity index (χ4n) is 6.27. The normalized spacial score (nSPS) is 24.3. The second-order valence-corrected chi connectivity index (χ2v) is 12.0. The summed E-state index contributed by atoms with van der Waals surface area (Å²) in [5.74, 6) is -1.04. The quantitative estimate of drug-likeness (QED) is 0.308. The number of nitrogens with two attached hydrogens (primary N) is 1. The minimum absolute atomic E-state index is 0.102. The Morgan fingerprint density at radius 1 is 1.00 bits per heavy atom. The summed E-state index contributed by atoms with van der Waals surface area (Å²) in [5, 5.41) is 2.23. The summed E-state index contributed by atoms with van der Waals surface area (Å²) in [4.78, 5) is 65.2. The van der Waals surface area contributed by atoms with Gasteiger partial charge < -0.3 is 5.73 Å². The van der Waals surface area contributed by atoms with E-state index < -0.39 is 23.8 Å². The summed E-state index contributed by atoms with van der Waals surface area (Å²) in [6, 6.07) is 12.4. The van der Waals surface area contributed by atoms with Gasteiger partial charge in [0.2, 0.25) is 11.8 Å². The Kier molecular flexibility index (Phi) is 6.83. The van der Waals surface area contributed by atoms with Gasteiger partial charge in [-0.15, -0.1) is 0 Å². The van der Waals surface area contributed by atoms with Gasteiger partial charge >= 0.3 is 0 Å². The molecule has 10 nitrogen and oxygen atoms in total. The zero-order valence-electron chi connectivity index (χ0n) is 23.7. The highest BCUT2D eigenvalue weighted by Crippen LogP contribution is 2.38. The fourth-order valence-corrected chi connectivity index (χ4v) is 6.27. The molecular formula is C33H32N6O4. The number of allylic oxidation sites excluding steroid dienone is 2. The number of hydrogen-bond donors (Lipinski definition) is 2. The molecule has 4 amide bonds. The van der Waals surface area contributed by atoms with Crippen LogP contribution in [0.1, 0.15) is 76.9 Å². The monoisotopic (exact) mass is 576 g/mol. The van der Waals surface area contributed by atoms with E-state index in [4.69, 9.17) is 15.7 Å². The number of para-hydroxylation sites is 2. The number of aryl methyl sites for hydroxylation is 1. The number of piperidine rings is 1. The lowest BCUT2D eigenvalue weighted by Crippen LogP contribution is -2.54. The van der Waals surface area contributed by atoms with E-state index in [9.17, 15) is 19.2 Å². The number of imide groups is 2. The van der Waals surface area contributed by atoms with Gasteiger partial charge in [-0.25, -0.2) is 4.98 Å². The number of aromatic nitrogens is 2. The Balaban J connectivity index is 0.970. The van der Waals surface area contributed by atoms with E-state index in [1.165, 1.54) is 0 Å². The summed E-state index contributed by atoms with van der Waals surface area (Å²) in [6.07, 6.45) is 9.78. The van der Waals surface area contributed by atoms with Crippen molar-refractivity contribution in [2.75, 3.05) is 0 Å². The fraction of sp³-hybridized carbons (Fsp3) is 0.364. The molecule has 2 saturated carbocycles. The maximum Gasteiger partial charge on any atom is 0.262 e. The summed E-state index contributed by atoms with van der Waals surface area (Å²) in [5.41, 5.74) is 12.3. The smallest absolute Gasteiger partial charge is 0.262 e. The lowest BCUT2D eigenvalue weighted by Gasteiger charge is -2.32. The standard InChI is InChI=1S/C33H32N6O4/c34-30(20-8-9-20)24(27-17-36-25-3-1-2-4-26(25)37-27)16-35-21-13-19(14-21)6-5-18-7-10-22-23(15-18)33(43)39(32(22)42)28-11-12-29(40)38-31(28)41/h1-4,7,10,15-17,19-21,28H,5-6,8-9,11-14,34H2,(H,38,40,41). The van der Waals surface area contributed by atoms with Gasteiger partial charge in [-0.2, -0.15) is 0 Å². The average molecular weight is 577 g/mol. The van der Waals surface area contributed by atoms with Crippen LogP contribution in [0.5, 0.6) is 0 Å². The number of fused-ring (bicyclic) bond motifs is 2. The molecule has 3 heterocycles. The van der Waals surface area contributed by atoms with E-state index >= 15 is 0 Å². The molecule has 2 aromatic carbocycles. The molecule has 3 aromatic rings. The SMILES string of the molecule is NC(=C(C=NC1CC(CCc2ccc3c(c2)C(=O)N(C2CCC(=O)NC2=O)C3=O)C1)c1cnc2ccccc2n1)C1CC1. The molecule has 1 unspecified atom stereocenters. The van der Waals surface area contributed by atoms with Crippen LogP contribution in [0, 0.1) is 11.8 Å². The van der Waals surface area contributed by atoms with E-state index in [0.29, 0.717) is 23.0 Å². The van der Waals surface area contributed by atoms with Crippen LogP contribution >= 0.6 is 0 Å². The molecule has 0 spiro atoms. The lowest BCUT2D eigenvalue weighted by molar-refractivity contribution is -0.136. The summed E-state index contributed by atoms with van der Waals surface area (Å²) in [6.45, 7) is 0. The largest absolute Gasteiger partial charge is 0.401 e. The predicted molar refractivity (Wildman–Crippen MR) is 160 cm³/mol. The van der Waals surface area contributed by atoms with E-state index in [1.807, 2.05) is 36.5 Å². The van der Waals surface area contributed by atoms with E-state index in [2.05, 4.69) is 10.3 Å². The van der Waals surface area contributed by atoms with Gasteiger partial charge in [-0.1, -0.05) is 18.2 Å². The number of nitrogens with zero attached hydrogens (tertiary/aromatic N) is 4. The van der Waals surface area contributed by atoms with Gasteiger partial charge in [0, 0.05) is 23.9 Å². The molecule has 4 aliphatic rings. The van der Waals surface area contributed by atoms with Gasteiger partial charge in [0.1, 0.15) is 6.04 Å². The molecule has 218 valence electrons. The van der Waals surface area contributed by atoms with Gasteiger partial charge in [-0.05, 0) is 86.6 Å². The summed E-state index contributed by atoms with van der Waals surface area (Å²) < 4.78 is 0. The number of carbonyl (C=O) groups is 4. The molecule has 1 aromatic heterocycles. The van der Waals surface area contributed by atoms with Crippen molar-refractivity contribution in [3.63, 3.8) is 0 Å². The highest BCUT2D eigenvalue weighted by Gasteiger charge is 2.44. The summed E-state index contributed by atoms with van der Waals surface area (Å²) >= 11 is 0. The molecule has 0 radical (unpaired) electrons. The Bertz CT molecular complexity index is 1740. The minimum Gasteiger partial charge on any atom is -0.401 e. The van der Waals surface area contributed by atoms with Crippen LogP contribution in [0.2, 0.25) is 0 Å². The van der Waals surface area contributed by atoms with Crippen molar-refractivity contribution in [1.29, 1.82) is 0 Å². The number of carbonyl (C=O) groups excluding carboxylic acids is 4. The van der Waals surface area contributed by atoms with Gasteiger partial charge in [0.25, 0.3) is 11.8 Å². The van der Waals surface area contributed by atoms with Gasteiger partial charge in [0.15, 0.2) is 0 Å². The van der Waals surface area contributed by atoms with E-state index in [1.54, 1.807) is 18.3 Å². The predicted octanol–water partition coefficient (Wildman–Crippen LogP) is 3.59. The topological polar surface area (TPSA) is 148 Å². The number of rotatable bonds is 8. The maximum atomic E-state index is 13.1. The molecule has 3 fully saturated rings. The molecule has 43 heavy (non-hydrogen) atoms. The molecular weight excluding hydrogens is 544 g/mol. The third-order valence-electron chi connectivity index (χ3n) is 9.02. The van der Waals surface area contributed by atoms with Crippen LogP contribution in [0.15, 0.2) is 59.4 Å². The number of aliphatic imine (C=N–C) groups is 1. The number of benzene rings is 2. The van der Waals surface area contributed by atoms with E-state index in [0.717, 1.165) is 77.0 Å². The van der Waals surface area contributed by atoms with Crippen molar-refractivity contribution >= 4 is 46.4 Å². The third kappa shape index (κ3) is 5.22. The van der Waals surface area contributed by atoms with Crippen LogP contribution in [0.3, 0.4) is 0 Å². The lowest BCUT2D eigenvalue weighted by atomic mass is 9.77. The van der Waals surface area contributed by atoms with Crippen LogP contribution in [0.4, 0.5) is 0 Å². The summed E-state index contributed by atoms with van der Waals surface area (Å²) in [7, 11) is 0. The van der Waals surface area contributed by atoms with Gasteiger partial charge in [-0.3, -0.25) is 39.4 Å². The molecule has 1 saturated heterocycles. The maximum absolute atomic E-state index is 13.1. The minimum atomic E-state index is -0.954. The second-order valence-electron chi connectivity index (χ2n) is 12.0. The molecule has 0 bridgehead atoms. The van der Waals surface area contributed by atoms with Crippen molar-refractivity contribution in [2.24, 2.45) is 22.6 Å². The highest BCUT2D eigenvalue weighted by atomic mass is 16.2. The molecule has 7 rings (SSSR count). The van der Waals surface area contributed by atoms with Crippen LogP contribution in [-0.2, 0) is 16.0 Å². The Labute approximate surface area is 248 Å². The van der Waals surface area contributed by atoms with Crippen LogP contribution in [-0.4, -0.2) is 56.8 Å². The molecule has 2 aliphatic heterocycles. The number of nitrogens with one attached hydrogen (secondary N) is 1. The molecule has 10 heteroatoms. The average Bonchev–Trinajstić information content (AvgIpc) is 3.81. The van der Waals surface area contributed by atoms with Crippen molar-refractivity contribution in [1.82, 2.24) is 20.2 Å². The first kappa shape index (κ1) is 27.1. The van der Waals surface area contributed by atoms with Crippen molar-refractivity contribution in [3.8, 4) is 0 Å². The first-order chi connectivity index (χ1) is 20.9. The Morgan fingerprint density at radius 3 is 2.53 bits per heavy atom. The third-order valence-corrected chi connectivity index (χ3v) is 9.02. The number of amides is 4. The van der Waals surface area contributed by atoms with Gasteiger partial charge in [0.05, 0.1) is 40.1 Å². The first-order valence-corrected chi connectivity index (χ1v) is 14.9. The zero-order chi connectivity index (χ0) is 29.7. The van der Waals surface area contributed by atoms with Crippen LogP contribution < -0.4 is 11.1 Å². The first-order valence-electron chi connectivity index (χ1n) is 14.9. The van der Waals surface area contributed by atoms with E-state index in [-0.39, 0.29) is 24.8 Å². The van der Waals surface area contributed by atoms with Crippen molar-refractivity contribution in [3.05, 3.63) is 76.7 Å². The second kappa shape index (κ2) is 10.8. The molecule has 2 aliphatic carbocycles. The Morgan fingerprint density at radius 2 is 1.77 bits per heavy atom. The number of hydrogen-bond acceptors (Lipinski definition) is 8. The van der Waals surface area contributed by atoms with Crippen molar-refractivity contribution < 1.29 is 19.2 Å². The van der Waals surface area contributed by atoms with Crippen LogP contribution in [0.25, 0.3) is 16.6 Å². The zero-order valence-corrected chi connectivity index (χ0v) is 23.7. The highest BCUT2D eigenvalue weighted by molar-refractivity contribution is 6.23. The molecule has 1 atom stereocenters. The molecule has 3 N–H and O–H groups in total.